The zero-order valence-corrected chi connectivity index (χ0v) is 12.5. The molecule has 1 aromatic rings. The van der Waals surface area contributed by atoms with Crippen molar-refractivity contribution >= 4 is 0 Å². The number of rotatable bonds is 6. The molecule has 1 atom stereocenters. The van der Waals surface area contributed by atoms with Gasteiger partial charge in [-0.3, -0.25) is 0 Å². The summed E-state index contributed by atoms with van der Waals surface area (Å²) in [6.07, 6.45) is 0. The Labute approximate surface area is 115 Å². The van der Waals surface area contributed by atoms with Gasteiger partial charge < -0.3 is 19.9 Å². The maximum atomic E-state index is 5.93. The van der Waals surface area contributed by atoms with Gasteiger partial charge in [-0.1, -0.05) is 6.07 Å². The summed E-state index contributed by atoms with van der Waals surface area (Å²) in [5.41, 5.74) is 6.75. The molecule has 0 aliphatic carbocycles. The van der Waals surface area contributed by atoms with Crippen LogP contribution in [-0.4, -0.2) is 25.9 Å². The van der Waals surface area contributed by atoms with Gasteiger partial charge in [0, 0.05) is 17.7 Å². The van der Waals surface area contributed by atoms with Gasteiger partial charge in [-0.25, -0.2) is 0 Å². The summed E-state index contributed by atoms with van der Waals surface area (Å²) in [5, 5.41) is 0. The Morgan fingerprint density at radius 1 is 1.21 bits per heavy atom. The summed E-state index contributed by atoms with van der Waals surface area (Å²) in [4.78, 5) is 0. The minimum atomic E-state index is -0.151. The van der Waals surface area contributed by atoms with E-state index in [4.69, 9.17) is 19.9 Å². The lowest BCUT2D eigenvalue weighted by Crippen LogP contribution is -2.22. The average Bonchev–Trinajstić information content (AvgIpc) is 2.33. The van der Waals surface area contributed by atoms with Crippen LogP contribution in [0.25, 0.3) is 0 Å². The first-order valence-electron chi connectivity index (χ1n) is 6.54. The highest BCUT2D eigenvalue weighted by Gasteiger charge is 2.12. The van der Waals surface area contributed by atoms with E-state index in [1.807, 2.05) is 45.9 Å². The summed E-state index contributed by atoms with van der Waals surface area (Å²) in [6, 6.07) is 5.60. The van der Waals surface area contributed by atoms with Crippen LogP contribution < -0.4 is 15.2 Å². The quantitative estimate of drug-likeness (QED) is 0.805. The molecule has 0 spiro atoms. The van der Waals surface area contributed by atoms with Gasteiger partial charge in [-0.15, -0.1) is 0 Å². The molecular formula is C15H25NO3. The third-order valence-electron chi connectivity index (χ3n) is 2.59. The minimum Gasteiger partial charge on any atom is -0.497 e. The van der Waals surface area contributed by atoms with Crippen molar-refractivity contribution in [2.24, 2.45) is 5.73 Å². The molecule has 108 valence electrons. The van der Waals surface area contributed by atoms with Gasteiger partial charge in [0.15, 0.2) is 0 Å². The highest BCUT2D eigenvalue weighted by molar-refractivity contribution is 5.42. The Bertz CT molecular complexity index is 397. The Morgan fingerprint density at radius 2 is 1.89 bits per heavy atom. The number of hydrogen-bond acceptors (Lipinski definition) is 4. The smallest absolute Gasteiger partial charge is 0.127 e. The number of ether oxygens (including phenoxy) is 3. The van der Waals surface area contributed by atoms with E-state index >= 15 is 0 Å². The van der Waals surface area contributed by atoms with Crippen molar-refractivity contribution in [3.8, 4) is 11.5 Å². The molecule has 0 saturated heterocycles. The molecule has 19 heavy (non-hydrogen) atoms. The standard InChI is InChI=1S/C15H25NO3/c1-11(16)13-7-6-12(17-5)10-14(13)18-8-9-19-15(2,3)4/h6-7,10-11H,8-9,16H2,1-5H3/t11-/m0/s1. The van der Waals surface area contributed by atoms with Crippen molar-refractivity contribution in [3.05, 3.63) is 23.8 Å². The molecule has 0 radical (unpaired) electrons. The average molecular weight is 267 g/mol. The van der Waals surface area contributed by atoms with E-state index in [1.165, 1.54) is 0 Å². The lowest BCUT2D eigenvalue weighted by atomic mass is 10.1. The van der Waals surface area contributed by atoms with Crippen LogP contribution in [-0.2, 0) is 4.74 Å². The molecule has 0 unspecified atom stereocenters. The van der Waals surface area contributed by atoms with Crippen molar-refractivity contribution in [1.29, 1.82) is 0 Å². The van der Waals surface area contributed by atoms with Gasteiger partial charge in [-0.2, -0.15) is 0 Å². The topological polar surface area (TPSA) is 53.7 Å². The van der Waals surface area contributed by atoms with Crippen LogP contribution in [0.5, 0.6) is 11.5 Å². The monoisotopic (exact) mass is 267 g/mol. The second kappa shape index (κ2) is 6.78. The first kappa shape index (κ1) is 15.8. The fourth-order valence-electron chi connectivity index (χ4n) is 1.64. The van der Waals surface area contributed by atoms with Gasteiger partial charge in [0.25, 0.3) is 0 Å². The molecule has 0 fully saturated rings. The summed E-state index contributed by atoms with van der Waals surface area (Å²) >= 11 is 0. The van der Waals surface area contributed by atoms with Crippen LogP contribution in [0.1, 0.15) is 39.3 Å². The number of nitrogens with two attached hydrogens (primary N) is 1. The van der Waals surface area contributed by atoms with Gasteiger partial charge in [0.05, 0.1) is 19.3 Å². The van der Waals surface area contributed by atoms with Crippen LogP contribution in [0.4, 0.5) is 0 Å². The second-order valence-electron chi connectivity index (χ2n) is 5.50. The van der Waals surface area contributed by atoms with E-state index in [0.29, 0.717) is 13.2 Å². The summed E-state index contributed by atoms with van der Waals surface area (Å²) in [5.74, 6) is 1.52. The highest BCUT2D eigenvalue weighted by Crippen LogP contribution is 2.28. The van der Waals surface area contributed by atoms with Gasteiger partial charge in [0.1, 0.15) is 18.1 Å². The number of methoxy groups -OCH3 is 1. The molecule has 0 aromatic heterocycles. The van der Waals surface area contributed by atoms with Crippen LogP contribution in [0, 0.1) is 0 Å². The van der Waals surface area contributed by atoms with Crippen LogP contribution in [0.3, 0.4) is 0 Å². The third-order valence-corrected chi connectivity index (χ3v) is 2.59. The number of benzene rings is 1. The van der Waals surface area contributed by atoms with E-state index in [0.717, 1.165) is 17.1 Å². The predicted octanol–water partition coefficient (Wildman–Crippen LogP) is 2.91. The molecule has 0 aliphatic heterocycles. The lowest BCUT2D eigenvalue weighted by molar-refractivity contribution is -0.0164. The van der Waals surface area contributed by atoms with E-state index < -0.39 is 0 Å². The Morgan fingerprint density at radius 3 is 2.42 bits per heavy atom. The summed E-state index contributed by atoms with van der Waals surface area (Å²) < 4.78 is 16.6. The summed E-state index contributed by atoms with van der Waals surface area (Å²) in [6.45, 7) is 9.02. The molecule has 2 N–H and O–H groups in total. The molecule has 1 rings (SSSR count). The first-order chi connectivity index (χ1) is 8.83. The zero-order chi connectivity index (χ0) is 14.5. The largest absolute Gasteiger partial charge is 0.497 e. The molecule has 1 aromatic carbocycles. The molecule has 0 amide bonds. The molecule has 0 saturated carbocycles. The maximum Gasteiger partial charge on any atom is 0.127 e. The van der Waals surface area contributed by atoms with Crippen molar-refractivity contribution in [2.45, 2.75) is 39.3 Å². The predicted molar refractivity (Wildman–Crippen MR) is 76.8 cm³/mol. The van der Waals surface area contributed by atoms with Crippen molar-refractivity contribution < 1.29 is 14.2 Å². The molecule has 0 aliphatic rings. The van der Waals surface area contributed by atoms with Crippen molar-refractivity contribution in [2.75, 3.05) is 20.3 Å². The molecule has 0 heterocycles. The Balaban J connectivity index is 2.65. The van der Waals surface area contributed by atoms with Crippen molar-refractivity contribution in [1.82, 2.24) is 0 Å². The van der Waals surface area contributed by atoms with Gasteiger partial charge in [0.2, 0.25) is 0 Å². The third kappa shape index (κ3) is 5.49. The molecule has 4 heteroatoms. The fourth-order valence-corrected chi connectivity index (χ4v) is 1.64. The summed E-state index contributed by atoms with van der Waals surface area (Å²) in [7, 11) is 1.63. The van der Waals surface area contributed by atoms with Crippen LogP contribution in [0.15, 0.2) is 18.2 Å². The second-order valence-corrected chi connectivity index (χ2v) is 5.50. The normalized spacial score (nSPS) is 13.2. The van der Waals surface area contributed by atoms with E-state index in [2.05, 4.69) is 0 Å². The Hall–Kier alpha value is -1.26. The fraction of sp³-hybridized carbons (Fsp3) is 0.600. The van der Waals surface area contributed by atoms with E-state index in [-0.39, 0.29) is 11.6 Å². The van der Waals surface area contributed by atoms with E-state index in [1.54, 1.807) is 7.11 Å². The van der Waals surface area contributed by atoms with Crippen molar-refractivity contribution in [3.63, 3.8) is 0 Å². The minimum absolute atomic E-state index is 0.0792. The maximum absolute atomic E-state index is 5.93. The molecule has 4 nitrogen and oxygen atoms in total. The Kier molecular flexibility index (Phi) is 5.63. The van der Waals surface area contributed by atoms with E-state index in [9.17, 15) is 0 Å². The molecular weight excluding hydrogens is 242 g/mol. The SMILES string of the molecule is COc1ccc([C@H](C)N)c(OCCOC(C)(C)C)c1. The zero-order valence-electron chi connectivity index (χ0n) is 12.5. The van der Waals surface area contributed by atoms with Crippen LogP contribution in [0.2, 0.25) is 0 Å². The lowest BCUT2D eigenvalue weighted by Gasteiger charge is -2.20. The van der Waals surface area contributed by atoms with Crippen LogP contribution >= 0.6 is 0 Å². The molecule has 0 bridgehead atoms. The van der Waals surface area contributed by atoms with Gasteiger partial charge in [-0.05, 0) is 33.8 Å². The first-order valence-corrected chi connectivity index (χ1v) is 6.54. The van der Waals surface area contributed by atoms with Gasteiger partial charge >= 0.3 is 0 Å². The highest BCUT2D eigenvalue weighted by atomic mass is 16.5. The number of hydrogen-bond donors (Lipinski definition) is 1.